The lowest BCUT2D eigenvalue weighted by Gasteiger charge is -2.07. The van der Waals surface area contributed by atoms with E-state index in [1.54, 1.807) is 24.3 Å². The molecular formula is C15H21ClN4O. The minimum atomic E-state index is -0.0710. The van der Waals surface area contributed by atoms with Gasteiger partial charge in [0.15, 0.2) is 0 Å². The number of aromatic nitrogens is 2. The molecule has 2 rings (SSSR count). The topological polar surface area (TPSA) is 72.9 Å². The van der Waals surface area contributed by atoms with E-state index in [-0.39, 0.29) is 18.3 Å². The van der Waals surface area contributed by atoms with Crippen LogP contribution in [-0.4, -0.2) is 22.2 Å². The van der Waals surface area contributed by atoms with Crippen molar-refractivity contribution >= 4 is 24.0 Å². The number of hydrogen-bond donors (Lipinski definition) is 2. The van der Waals surface area contributed by atoms with Gasteiger partial charge >= 0.3 is 0 Å². The molecule has 0 saturated heterocycles. The molecule has 1 amide bonds. The first-order valence-corrected chi connectivity index (χ1v) is 6.71. The number of halogens is 1. The van der Waals surface area contributed by atoms with Gasteiger partial charge in [0.1, 0.15) is 0 Å². The zero-order valence-electron chi connectivity index (χ0n) is 12.3. The Balaban J connectivity index is 0.00000220. The maximum Gasteiger partial charge on any atom is 0.251 e. The molecule has 0 aliphatic rings. The number of nitrogen functional groups attached to an aromatic ring is 1. The third kappa shape index (κ3) is 4.79. The number of benzene rings is 1. The van der Waals surface area contributed by atoms with E-state index in [1.807, 2.05) is 24.6 Å². The summed E-state index contributed by atoms with van der Waals surface area (Å²) in [5, 5.41) is 7.28. The third-order valence-corrected chi connectivity index (χ3v) is 3.11. The van der Waals surface area contributed by atoms with Gasteiger partial charge < -0.3 is 11.1 Å². The molecule has 3 N–H and O–H groups in total. The van der Waals surface area contributed by atoms with Crippen molar-refractivity contribution in [3.8, 4) is 0 Å². The van der Waals surface area contributed by atoms with E-state index in [0.29, 0.717) is 17.8 Å². The summed E-state index contributed by atoms with van der Waals surface area (Å²) in [6.07, 6.45) is 0.850. The molecule has 114 valence electrons. The summed E-state index contributed by atoms with van der Waals surface area (Å²) in [6.45, 7) is 5.45. The van der Waals surface area contributed by atoms with Crippen molar-refractivity contribution in [3.05, 3.63) is 47.3 Å². The van der Waals surface area contributed by atoms with Gasteiger partial charge in [-0.2, -0.15) is 5.10 Å². The van der Waals surface area contributed by atoms with Crippen molar-refractivity contribution in [2.45, 2.75) is 26.8 Å². The van der Waals surface area contributed by atoms with Crippen LogP contribution in [0.25, 0.3) is 0 Å². The number of aryl methyl sites for hydroxylation is 3. The highest BCUT2D eigenvalue weighted by Crippen LogP contribution is 2.05. The number of nitrogens with two attached hydrogens (primary N) is 1. The van der Waals surface area contributed by atoms with E-state index < -0.39 is 0 Å². The minimum Gasteiger partial charge on any atom is -0.399 e. The van der Waals surface area contributed by atoms with Crippen LogP contribution in [-0.2, 0) is 6.54 Å². The summed E-state index contributed by atoms with van der Waals surface area (Å²) in [4.78, 5) is 11.9. The zero-order chi connectivity index (χ0) is 14.5. The van der Waals surface area contributed by atoms with Gasteiger partial charge in [0.2, 0.25) is 0 Å². The van der Waals surface area contributed by atoms with Crippen LogP contribution in [0.2, 0.25) is 0 Å². The van der Waals surface area contributed by atoms with Crippen LogP contribution in [0.15, 0.2) is 30.3 Å². The molecule has 6 heteroatoms. The molecule has 1 aromatic carbocycles. The zero-order valence-corrected chi connectivity index (χ0v) is 13.1. The second kappa shape index (κ2) is 7.69. The van der Waals surface area contributed by atoms with Gasteiger partial charge in [0.05, 0.1) is 5.69 Å². The molecule has 0 aliphatic heterocycles. The maximum absolute atomic E-state index is 11.9. The molecule has 0 fully saturated rings. The number of amides is 1. The largest absolute Gasteiger partial charge is 0.399 e. The fourth-order valence-corrected chi connectivity index (χ4v) is 2.07. The van der Waals surface area contributed by atoms with Crippen molar-refractivity contribution in [2.75, 3.05) is 12.3 Å². The molecule has 0 bridgehead atoms. The van der Waals surface area contributed by atoms with Crippen LogP contribution in [0.5, 0.6) is 0 Å². The number of nitrogens with zero attached hydrogens (tertiary/aromatic N) is 2. The first-order valence-electron chi connectivity index (χ1n) is 6.71. The van der Waals surface area contributed by atoms with E-state index >= 15 is 0 Å². The van der Waals surface area contributed by atoms with Crippen LogP contribution < -0.4 is 11.1 Å². The Morgan fingerprint density at radius 2 is 1.95 bits per heavy atom. The van der Waals surface area contributed by atoms with E-state index in [4.69, 9.17) is 5.73 Å². The number of carbonyl (C=O) groups is 1. The van der Waals surface area contributed by atoms with Crippen LogP contribution in [0.4, 0.5) is 5.69 Å². The molecule has 2 aromatic rings. The third-order valence-electron chi connectivity index (χ3n) is 3.11. The monoisotopic (exact) mass is 308 g/mol. The summed E-state index contributed by atoms with van der Waals surface area (Å²) in [7, 11) is 0. The molecule has 0 aliphatic carbocycles. The first-order chi connectivity index (χ1) is 9.56. The van der Waals surface area contributed by atoms with Gasteiger partial charge in [0, 0.05) is 30.0 Å². The van der Waals surface area contributed by atoms with Gasteiger partial charge in [-0.25, -0.2) is 0 Å². The Kier molecular flexibility index (Phi) is 6.24. The number of rotatable bonds is 5. The summed E-state index contributed by atoms with van der Waals surface area (Å²) in [5.41, 5.74) is 9.04. The molecule has 1 heterocycles. The average Bonchev–Trinajstić information content (AvgIpc) is 2.73. The smallest absolute Gasteiger partial charge is 0.251 e. The molecule has 0 spiro atoms. The van der Waals surface area contributed by atoms with Crippen LogP contribution in [0.3, 0.4) is 0 Å². The first kappa shape index (κ1) is 17.0. The molecular weight excluding hydrogens is 288 g/mol. The Labute approximate surface area is 130 Å². The minimum absolute atomic E-state index is 0. The lowest BCUT2D eigenvalue weighted by molar-refractivity contribution is 0.0952. The lowest BCUT2D eigenvalue weighted by Crippen LogP contribution is -2.25. The van der Waals surface area contributed by atoms with Gasteiger partial charge in [-0.1, -0.05) is 0 Å². The van der Waals surface area contributed by atoms with Crippen LogP contribution in [0, 0.1) is 13.8 Å². The summed E-state index contributed by atoms with van der Waals surface area (Å²) in [5.74, 6) is -0.0710. The fraction of sp³-hybridized carbons (Fsp3) is 0.333. The number of anilines is 1. The number of hydrogen-bond acceptors (Lipinski definition) is 3. The van der Waals surface area contributed by atoms with Gasteiger partial charge in [-0.3, -0.25) is 9.48 Å². The highest BCUT2D eigenvalue weighted by molar-refractivity contribution is 5.94. The van der Waals surface area contributed by atoms with Gasteiger partial charge in [-0.15, -0.1) is 12.4 Å². The Hall–Kier alpha value is -2.01. The second-order valence-electron chi connectivity index (χ2n) is 4.88. The Bertz CT molecular complexity index is 592. The molecule has 0 saturated carbocycles. The number of nitrogens with one attached hydrogen (secondary N) is 1. The van der Waals surface area contributed by atoms with Gasteiger partial charge in [0.25, 0.3) is 5.91 Å². The van der Waals surface area contributed by atoms with Crippen molar-refractivity contribution in [1.29, 1.82) is 0 Å². The van der Waals surface area contributed by atoms with Crippen molar-refractivity contribution < 1.29 is 4.79 Å². The van der Waals surface area contributed by atoms with Crippen molar-refractivity contribution in [3.63, 3.8) is 0 Å². The molecule has 1 aromatic heterocycles. The summed E-state index contributed by atoms with van der Waals surface area (Å²) >= 11 is 0. The molecule has 21 heavy (non-hydrogen) atoms. The van der Waals surface area contributed by atoms with Crippen LogP contribution >= 0.6 is 12.4 Å². The molecule has 5 nitrogen and oxygen atoms in total. The Morgan fingerprint density at radius 3 is 2.52 bits per heavy atom. The molecule has 0 radical (unpaired) electrons. The average molecular weight is 309 g/mol. The highest BCUT2D eigenvalue weighted by Gasteiger charge is 2.04. The predicted molar refractivity (Wildman–Crippen MR) is 86.8 cm³/mol. The molecule has 0 unspecified atom stereocenters. The highest BCUT2D eigenvalue weighted by atomic mass is 35.5. The fourth-order valence-electron chi connectivity index (χ4n) is 2.07. The second-order valence-corrected chi connectivity index (χ2v) is 4.88. The van der Waals surface area contributed by atoms with E-state index in [0.717, 1.165) is 24.4 Å². The number of carbonyl (C=O) groups excluding carboxylic acids is 1. The predicted octanol–water partition coefficient (Wildman–Crippen LogP) is 2.32. The Morgan fingerprint density at radius 1 is 1.29 bits per heavy atom. The van der Waals surface area contributed by atoms with Gasteiger partial charge in [-0.05, 0) is 50.6 Å². The standard InChI is InChI=1S/C15H20N4O.ClH/c1-11-10-12(2)19(18-11)9-3-8-17-15(20)13-4-6-14(16)7-5-13;/h4-7,10H,3,8-9,16H2,1-2H3,(H,17,20);1H. The van der Waals surface area contributed by atoms with E-state index in [9.17, 15) is 4.79 Å². The summed E-state index contributed by atoms with van der Waals surface area (Å²) in [6, 6.07) is 8.96. The van der Waals surface area contributed by atoms with E-state index in [2.05, 4.69) is 10.4 Å². The van der Waals surface area contributed by atoms with Crippen molar-refractivity contribution in [1.82, 2.24) is 15.1 Å². The molecule has 0 atom stereocenters. The summed E-state index contributed by atoms with van der Waals surface area (Å²) < 4.78 is 1.96. The maximum atomic E-state index is 11.9. The lowest BCUT2D eigenvalue weighted by atomic mass is 10.2. The normalized spacial score (nSPS) is 10.0. The van der Waals surface area contributed by atoms with Crippen molar-refractivity contribution in [2.24, 2.45) is 0 Å². The SMILES string of the molecule is Cc1cc(C)n(CCCNC(=O)c2ccc(N)cc2)n1.Cl. The quantitative estimate of drug-likeness (QED) is 0.657. The van der Waals surface area contributed by atoms with E-state index in [1.165, 1.54) is 0 Å². The van der Waals surface area contributed by atoms with Crippen LogP contribution in [0.1, 0.15) is 28.2 Å².